The van der Waals surface area contributed by atoms with Crippen molar-refractivity contribution in [3.05, 3.63) is 70.5 Å². The summed E-state index contributed by atoms with van der Waals surface area (Å²) in [6, 6.07) is 10.5. The fourth-order valence-electron chi connectivity index (χ4n) is 2.29. The van der Waals surface area contributed by atoms with Crippen LogP contribution in [0.3, 0.4) is 0 Å². The van der Waals surface area contributed by atoms with Gasteiger partial charge in [-0.15, -0.1) is 11.3 Å². The molecule has 0 aliphatic heterocycles. The number of amides is 1. The third-order valence-electron chi connectivity index (χ3n) is 3.51. The van der Waals surface area contributed by atoms with Crippen molar-refractivity contribution in [2.75, 3.05) is 12.4 Å². The van der Waals surface area contributed by atoms with Crippen LogP contribution < -0.4 is 5.32 Å². The lowest BCUT2D eigenvalue weighted by Crippen LogP contribution is -2.11. The summed E-state index contributed by atoms with van der Waals surface area (Å²) < 4.78 is 10.0. The molecule has 5 nitrogen and oxygen atoms in total. The Bertz CT molecular complexity index is 943. The first-order valence-corrected chi connectivity index (χ1v) is 8.82. The second-order valence-corrected chi connectivity index (χ2v) is 6.51. The van der Waals surface area contributed by atoms with Crippen LogP contribution in [0, 0.1) is 0 Å². The minimum atomic E-state index is -0.526. The quantitative estimate of drug-likeness (QED) is 0.488. The van der Waals surface area contributed by atoms with Gasteiger partial charge in [-0.2, -0.15) is 0 Å². The molecule has 3 rings (SSSR count). The lowest BCUT2D eigenvalue weighted by Gasteiger charge is -2.06. The maximum atomic E-state index is 12.3. The summed E-state index contributed by atoms with van der Waals surface area (Å²) in [6.45, 7) is 0. The highest BCUT2D eigenvalue weighted by Gasteiger charge is 2.21. The Hall–Kier alpha value is -2.83. The Morgan fingerprint density at radius 3 is 2.65 bits per heavy atom. The predicted octanol–water partition coefficient (Wildman–Crippen LogP) is 5.10. The number of hydrogen-bond donors (Lipinski definition) is 1. The van der Waals surface area contributed by atoms with Gasteiger partial charge in [0, 0.05) is 22.0 Å². The Balaban J connectivity index is 1.88. The number of nitrogens with one attached hydrogen (secondary N) is 1. The van der Waals surface area contributed by atoms with Gasteiger partial charge in [0.25, 0.3) is 0 Å². The molecule has 26 heavy (non-hydrogen) atoms. The molecule has 2 heterocycles. The molecule has 1 aromatic carbocycles. The number of methoxy groups -OCH3 is 1. The molecule has 0 radical (unpaired) electrons. The highest BCUT2D eigenvalue weighted by Crippen LogP contribution is 2.36. The number of anilines is 1. The second kappa shape index (κ2) is 8.03. The summed E-state index contributed by atoms with van der Waals surface area (Å²) in [6.07, 6.45) is 4.40. The predicted molar refractivity (Wildman–Crippen MR) is 102 cm³/mol. The number of carbonyl (C=O) groups is 2. The summed E-state index contributed by atoms with van der Waals surface area (Å²) in [5, 5.41) is 5.52. The maximum Gasteiger partial charge on any atom is 0.341 e. The number of hydrogen-bond acceptors (Lipinski definition) is 5. The Labute approximate surface area is 158 Å². The van der Waals surface area contributed by atoms with Crippen LogP contribution >= 0.6 is 22.9 Å². The van der Waals surface area contributed by atoms with Gasteiger partial charge in [0.05, 0.1) is 13.4 Å². The van der Waals surface area contributed by atoms with Crippen LogP contribution in [0.4, 0.5) is 5.00 Å². The van der Waals surface area contributed by atoms with Crippen molar-refractivity contribution < 1.29 is 18.7 Å². The van der Waals surface area contributed by atoms with E-state index in [0.29, 0.717) is 26.9 Å². The molecule has 7 heteroatoms. The molecule has 3 aromatic rings. The fourth-order valence-corrected chi connectivity index (χ4v) is 3.38. The van der Waals surface area contributed by atoms with E-state index in [1.807, 2.05) is 0 Å². The molecule has 2 aromatic heterocycles. The van der Waals surface area contributed by atoms with Crippen LogP contribution in [-0.2, 0) is 9.53 Å². The zero-order chi connectivity index (χ0) is 18.5. The van der Waals surface area contributed by atoms with E-state index in [-0.39, 0.29) is 5.91 Å². The number of furan rings is 1. The van der Waals surface area contributed by atoms with E-state index in [1.54, 1.807) is 47.9 Å². The van der Waals surface area contributed by atoms with Crippen molar-refractivity contribution >= 4 is 45.9 Å². The lowest BCUT2D eigenvalue weighted by molar-refractivity contribution is -0.111. The molecule has 0 unspecified atom stereocenters. The summed E-state index contributed by atoms with van der Waals surface area (Å²) in [7, 11) is 1.30. The number of thiophene rings is 1. The zero-order valence-electron chi connectivity index (χ0n) is 13.7. The van der Waals surface area contributed by atoms with Crippen molar-refractivity contribution in [1.29, 1.82) is 0 Å². The highest BCUT2D eigenvalue weighted by atomic mass is 35.5. The molecule has 0 atom stereocenters. The summed E-state index contributed by atoms with van der Waals surface area (Å²) in [5.41, 5.74) is 1.78. The van der Waals surface area contributed by atoms with Gasteiger partial charge in [-0.1, -0.05) is 23.7 Å². The van der Waals surface area contributed by atoms with E-state index < -0.39 is 5.97 Å². The standard InChI is InChI=1S/C19H14ClNO4S/c1-24-19(23)17-15(12-4-6-13(20)7-5-12)11-26-18(17)21-16(22)9-8-14-3-2-10-25-14/h2-11H,1H3,(H,21,22). The normalized spacial score (nSPS) is 10.8. The number of carbonyl (C=O) groups excluding carboxylic acids is 2. The van der Waals surface area contributed by atoms with E-state index >= 15 is 0 Å². The SMILES string of the molecule is COC(=O)c1c(-c2ccc(Cl)cc2)csc1NC(=O)C=Cc1ccco1. The van der Waals surface area contributed by atoms with E-state index in [0.717, 1.165) is 5.56 Å². The van der Waals surface area contributed by atoms with Gasteiger partial charge in [0.15, 0.2) is 0 Å². The van der Waals surface area contributed by atoms with Gasteiger partial charge in [-0.05, 0) is 35.9 Å². The van der Waals surface area contributed by atoms with Crippen molar-refractivity contribution in [2.45, 2.75) is 0 Å². The molecule has 0 spiro atoms. The number of benzene rings is 1. The van der Waals surface area contributed by atoms with Crippen LogP contribution in [0.25, 0.3) is 17.2 Å². The van der Waals surface area contributed by atoms with Gasteiger partial charge in [-0.25, -0.2) is 4.79 Å². The van der Waals surface area contributed by atoms with E-state index in [4.69, 9.17) is 20.8 Å². The first-order valence-electron chi connectivity index (χ1n) is 7.57. The topological polar surface area (TPSA) is 68.5 Å². The van der Waals surface area contributed by atoms with Gasteiger partial charge in [0.1, 0.15) is 16.3 Å². The number of halogens is 1. The first kappa shape index (κ1) is 18.0. The molecule has 0 bridgehead atoms. The molecule has 0 fully saturated rings. The fraction of sp³-hybridized carbons (Fsp3) is 0.0526. The molecule has 0 aliphatic rings. The zero-order valence-corrected chi connectivity index (χ0v) is 15.3. The van der Waals surface area contributed by atoms with Gasteiger partial charge in [0.2, 0.25) is 5.91 Å². The van der Waals surface area contributed by atoms with Gasteiger partial charge < -0.3 is 14.5 Å². The minimum Gasteiger partial charge on any atom is -0.465 e. The smallest absolute Gasteiger partial charge is 0.341 e. The van der Waals surface area contributed by atoms with Crippen LogP contribution in [0.5, 0.6) is 0 Å². The molecule has 0 saturated heterocycles. The van der Waals surface area contributed by atoms with Crippen LogP contribution in [0.2, 0.25) is 5.02 Å². The van der Waals surface area contributed by atoms with E-state index in [2.05, 4.69) is 5.32 Å². The Morgan fingerprint density at radius 1 is 1.23 bits per heavy atom. The van der Waals surface area contributed by atoms with Crippen molar-refractivity contribution in [3.8, 4) is 11.1 Å². The summed E-state index contributed by atoms with van der Waals surface area (Å²) in [5.74, 6) is -0.348. The molecular formula is C19H14ClNO4S. The van der Waals surface area contributed by atoms with Crippen LogP contribution in [0.1, 0.15) is 16.1 Å². The molecule has 132 valence electrons. The van der Waals surface area contributed by atoms with Crippen LogP contribution in [0.15, 0.2) is 58.5 Å². The highest BCUT2D eigenvalue weighted by molar-refractivity contribution is 7.15. The average Bonchev–Trinajstić information content (AvgIpc) is 3.30. The monoisotopic (exact) mass is 387 g/mol. The molecule has 1 amide bonds. The average molecular weight is 388 g/mol. The Kier molecular flexibility index (Phi) is 5.55. The van der Waals surface area contributed by atoms with Crippen molar-refractivity contribution in [1.82, 2.24) is 0 Å². The molecule has 1 N–H and O–H groups in total. The minimum absolute atomic E-state index is 0.305. The first-order chi connectivity index (χ1) is 12.6. The maximum absolute atomic E-state index is 12.3. The lowest BCUT2D eigenvalue weighted by atomic mass is 10.0. The van der Waals surface area contributed by atoms with Crippen molar-refractivity contribution in [3.63, 3.8) is 0 Å². The number of esters is 1. The summed E-state index contributed by atoms with van der Waals surface area (Å²) in [4.78, 5) is 24.4. The van der Waals surface area contributed by atoms with Crippen molar-refractivity contribution in [2.24, 2.45) is 0 Å². The number of rotatable bonds is 5. The van der Waals surface area contributed by atoms with Crippen LogP contribution in [-0.4, -0.2) is 19.0 Å². The van der Waals surface area contributed by atoms with Gasteiger partial charge in [-0.3, -0.25) is 4.79 Å². The summed E-state index contributed by atoms with van der Waals surface area (Å²) >= 11 is 7.17. The number of ether oxygens (including phenoxy) is 1. The largest absolute Gasteiger partial charge is 0.465 e. The van der Waals surface area contributed by atoms with Gasteiger partial charge >= 0.3 is 5.97 Å². The molecule has 0 aliphatic carbocycles. The molecule has 0 saturated carbocycles. The third kappa shape index (κ3) is 4.04. The Morgan fingerprint density at radius 2 is 2.00 bits per heavy atom. The third-order valence-corrected chi connectivity index (χ3v) is 4.66. The van der Waals surface area contributed by atoms with E-state index in [9.17, 15) is 9.59 Å². The second-order valence-electron chi connectivity index (χ2n) is 5.19. The van der Waals surface area contributed by atoms with E-state index in [1.165, 1.54) is 30.8 Å². The molecular weight excluding hydrogens is 374 g/mol.